The van der Waals surface area contributed by atoms with Crippen LogP contribution in [-0.2, 0) is 13.2 Å². The number of halogens is 3. The summed E-state index contributed by atoms with van der Waals surface area (Å²) in [4.78, 5) is 8.78. The first-order valence-electron chi connectivity index (χ1n) is 10.9. The predicted octanol–water partition coefficient (Wildman–Crippen LogP) is 5.62. The van der Waals surface area contributed by atoms with Crippen molar-refractivity contribution < 1.29 is 31.5 Å². The van der Waals surface area contributed by atoms with E-state index in [0.29, 0.717) is 35.3 Å². The molecule has 0 aliphatic rings. The second-order valence-electron chi connectivity index (χ2n) is 7.68. The van der Waals surface area contributed by atoms with Crippen molar-refractivity contribution in [2.45, 2.75) is 19.5 Å². The van der Waals surface area contributed by atoms with E-state index in [0.717, 1.165) is 11.3 Å². The topological polar surface area (TPSA) is 101 Å². The number of hydrogen-bond donors (Lipinski definition) is 0. The molecule has 0 amide bonds. The van der Waals surface area contributed by atoms with Crippen LogP contribution in [0, 0.1) is 0 Å². The van der Waals surface area contributed by atoms with Gasteiger partial charge in [-0.15, -0.1) is 18.3 Å². The highest BCUT2D eigenvalue weighted by Gasteiger charge is 2.30. The molecule has 37 heavy (non-hydrogen) atoms. The monoisotopic (exact) mass is 509 g/mol. The second-order valence-corrected chi connectivity index (χ2v) is 7.68. The summed E-state index contributed by atoms with van der Waals surface area (Å²) in [6.07, 6.45) is 4.92. The van der Waals surface area contributed by atoms with Gasteiger partial charge in [-0.1, -0.05) is 17.3 Å². The molecule has 0 saturated carbocycles. The lowest BCUT2D eigenvalue weighted by molar-refractivity contribution is -0.274. The van der Waals surface area contributed by atoms with E-state index >= 15 is 0 Å². The number of aromatic nitrogens is 5. The predicted molar refractivity (Wildman–Crippen MR) is 124 cm³/mol. The van der Waals surface area contributed by atoms with E-state index < -0.39 is 6.36 Å². The van der Waals surface area contributed by atoms with Crippen molar-refractivity contribution in [2.75, 3.05) is 0 Å². The van der Waals surface area contributed by atoms with Crippen LogP contribution >= 0.6 is 0 Å². The van der Waals surface area contributed by atoms with E-state index in [2.05, 4.69) is 25.0 Å². The molecule has 3 aromatic heterocycles. The van der Waals surface area contributed by atoms with Gasteiger partial charge in [-0.05, 0) is 48.0 Å². The van der Waals surface area contributed by atoms with Crippen LogP contribution < -0.4 is 9.47 Å². The standard InChI is InChI=1S/C25H18F3N5O4/c26-25(27,28)37-22-6-1-17(2-7-22)3-10-23-30-20(16-35-23)15-34-21-8-4-18(5-9-21)24-31-19(14-36-24)13-33-12-11-29-32-33/h1-12,14,16H,13,15H2/b10-3+. The van der Waals surface area contributed by atoms with Gasteiger partial charge in [-0.2, -0.15) is 0 Å². The Morgan fingerprint density at radius 1 is 0.865 bits per heavy atom. The van der Waals surface area contributed by atoms with Crippen LogP contribution in [-0.4, -0.2) is 31.3 Å². The molecule has 0 unspecified atom stereocenters. The third-order valence-corrected chi connectivity index (χ3v) is 4.94. The Kier molecular flexibility index (Phi) is 6.70. The van der Waals surface area contributed by atoms with Gasteiger partial charge in [0, 0.05) is 17.8 Å². The summed E-state index contributed by atoms with van der Waals surface area (Å²) in [5, 5.41) is 7.67. The van der Waals surface area contributed by atoms with Crippen LogP contribution in [0.2, 0.25) is 0 Å². The smallest absolute Gasteiger partial charge is 0.487 e. The molecule has 0 radical (unpaired) electrons. The molecule has 0 fully saturated rings. The molecule has 0 aliphatic carbocycles. The normalized spacial score (nSPS) is 11.8. The van der Waals surface area contributed by atoms with Crippen molar-refractivity contribution in [1.29, 1.82) is 0 Å². The zero-order valence-electron chi connectivity index (χ0n) is 19.0. The van der Waals surface area contributed by atoms with Gasteiger partial charge in [0.25, 0.3) is 0 Å². The minimum absolute atomic E-state index is 0.182. The Morgan fingerprint density at radius 3 is 2.35 bits per heavy atom. The van der Waals surface area contributed by atoms with Crippen molar-refractivity contribution >= 4 is 12.2 Å². The maximum atomic E-state index is 12.2. The van der Waals surface area contributed by atoms with Crippen LogP contribution in [0.4, 0.5) is 13.2 Å². The van der Waals surface area contributed by atoms with Crippen molar-refractivity contribution in [3.63, 3.8) is 0 Å². The molecule has 0 atom stereocenters. The number of benzene rings is 2. The maximum absolute atomic E-state index is 12.2. The zero-order valence-corrected chi connectivity index (χ0v) is 19.0. The van der Waals surface area contributed by atoms with Crippen LogP contribution in [0.25, 0.3) is 23.6 Å². The fourth-order valence-corrected chi connectivity index (χ4v) is 3.26. The summed E-state index contributed by atoms with van der Waals surface area (Å²) in [5.74, 6) is 1.15. The lowest BCUT2D eigenvalue weighted by atomic mass is 10.2. The lowest BCUT2D eigenvalue weighted by Crippen LogP contribution is -2.16. The van der Waals surface area contributed by atoms with Gasteiger partial charge in [0.2, 0.25) is 11.8 Å². The van der Waals surface area contributed by atoms with Gasteiger partial charge in [-0.25, -0.2) is 14.6 Å². The van der Waals surface area contributed by atoms with Crippen molar-refractivity contribution in [3.8, 4) is 23.0 Å². The molecule has 0 spiro atoms. The summed E-state index contributed by atoms with van der Waals surface area (Å²) in [5.41, 5.74) is 2.75. The number of hydrogen-bond acceptors (Lipinski definition) is 8. The molecule has 0 bridgehead atoms. The Morgan fingerprint density at radius 2 is 1.62 bits per heavy atom. The molecule has 12 heteroatoms. The molecule has 5 aromatic rings. The third kappa shape index (κ3) is 6.63. The van der Waals surface area contributed by atoms with Gasteiger partial charge in [0.1, 0.15) is 42.0 Å². The van der Waals surface area contributed by atoms with E-state index in [1.807, 2.05) is 12.1 Å². The second kappa shape index (κ2) is 10.4. The van der Waals surface area contributed by atoms with Crippen molar-refractivity contribution in [1.82, 2.24) is 25.0 Å². The molecule has 3 heterocycles. The number of alkyl halides is 3. The third-order valence-electron chi connectivity index (χ3n) is 4.94. The van der Waals surface area contributed by atoms with Gasteiger partial charge in [-0.3, -0.25) is 0 Å². The van der Waals surface area contributed by atoms with Gasteiger partial charge >= 0.3 is 6.36 Å². The molecular weight excluding hydrogens is 491 g/mol. The van der Waals surface area contributed by atoms with Gasteiger partial charge in [0.15, 0.2) is 0 Å². The lowest BCUT2D eigenvalue weighted by Gasteiger charge is -2.08. The molecule has 0 N–H and O–H groups in total. The van der Waals surface area contributed by atoms with Crippen LogP contribution in [0.3, 0.4) is 0 Å². The Balaban J connectivity index is 1.13. The number of oxazole rings is 2. The van der Waals surface area contributed by atoms with Crippen LogP contribution in [0.15, 0.2) is 82.3 Å². The first-order valence-corrected chi connectivity index (χ1v) is 10.9. The molecule has 0 saturated heterocycles. The summed E-state index contributed by atoms with van der Waals surface area (Å²) in [6, 6.07) is 12.7. The summed E-state index contributed by atoms with van der Waals surface area (Å²) >= 11 is 0. The minimum Gasteiger partial charge on any atom is -0.487 e. The van der Waals surface area contributed by atoms with E-state index in [9.17, 15) is 13.2 Å². The molecular formula is C25H18F3N5O4. The minimum atomic E-state index is -4.73. The molecule has 9 nitrogen and oxygen atoms in total. The Bertz CT molecular complexity index is 1460. The zero-order chi connectivity index (χ0) is 25.7. The molecule has 5 rings (SSSR count). The highest BCUT2D eigenvalue weighted by molar-refractivity contribution is 5.66. The summed E-state index contributed by atoms with van der Waals surface area (Å²) in [6.45, 7) is 0.643. The van der Waals surface area contributed by atoms with E-state index in [-0.39, 0.29) is 12.4 Å². The Hall–Kier alpha value is -4.87. The average molecular weight is 509 g/mol. The van der Waals surface area contributed by atoms with Crippen molar-refractivity contribution in [3.05, 3.63) is 96.3 Å². The SMILES string of the molecule is FC(F)(F)Oc1ccc(/C=C/c2nc(COc3ccc(-c4nc(Cn5ccnn5)co4)cc3)co2)cc1. The van der Waals surface area contributed by atoms with Crippen LogP contribution in [0.1, 0.15) is 22.8 Å². The summed E-state index contributed by atoms with van der Waals surface area (Å²) < 4.78 is 59.0. The van der Waals surface area contributed by atoms with Gasteiger partial charge in [0.05, 0.1) is 12.7 Å². The van der Waals surface area contributed by atoms with E-state index in [4.69, 9.17) is 13.6 Å². The number of ether oxygens (including phenoxy) is 2. The van der Waals surface area contributed by atoms with E-state index in [1.165, 1.54) is 30.5 Å². The average Bonchev–Trinajstić information content (AvgIpc) is 3.65. The fraction of sp³-hybridized carbons (Fsp3) is 0.120. The van der Waals surface area contributed by atoms with E-state index in [1.54, 1.807) is 47.6 Å². The van der Waals surface area contributed by atoms with Crippen molar-refractivity contribution in [2.24, 2.45) is 0 Å². The number of nitrogens with zero attached hydrogens (tertiary/aromatic N) is 5. The van der Waals surface area contributed by atoms with Crippen LogP contribution in [0.5, 0.6) is 11.5 Å². The molecule has 0 aliphatic heterocycles. The van der Waals surface area contributed by atoms with Gasteiger partial charge < -0.3 is 18.3 Å². The first kappa shape index (κ1) is 23.9. The molecule has 2 aromatic carbocycles. The summed E-state index contributed by atoms with van der Waals surface area (Å²) in [7, 11) is 0. The number of rotatable bonds is 9. The fourth-order valence-electron chi connectivity index (χ4n) is 3.26. The highest BCUT2D eigenvalue weighted by atomic mass is 19.4. The highest BCUT2D eigenvalue weighted by Crippen LogP contribution is 2.24. The quantitative estimate of drug-likeness (QED) is 0.252. The molecule has 188 valence electrons. The maximum Gasteiger partial charge on any atom is 0.573 e. The largest absolute Gasteiger partial charge is 0.573 e. The Labute approximate surface area is 207 Å². The first-order chi connectivity index (χ1) is 17.9.